The molecule has 28 heavy (non-hydrogen) atoms. The number of nitrogens with two attached hydrogens (primary N) is 1. The standard InChI is InChI=1S/C21H22N2O5/c1-21(20(26)27)9-10-23(13-21)19(25)15-6-4-5-14(11-15)12-28-17-8-3-2-7-16(17)18(22)24/h2-8,11H,9-10,12-13H2,1H3,(H2,22,24)(H,26,27)/t21-/m0/s1. The smallest absolute Gasteiger partial charge is 0.311 e. The molecule has 3 N–H and O–H groups in total. The van der Waals surface area contributed by atoms with Crippen LogP contribution in [0.1, 0.15) is 39.6 Å². The molecule has 0 aliphatic carbocycles. The van der Waals surface area contributed by atoms with E-state index in [2.05, 4.69) is 0 Å². The predicted molar refractivity (Wildman–Crippen MR) is 102 cm³/mol. The number of amides is 2. The fourth-order valence-electron chi connectivity index (χ4n) is 3.24. The Morgan fingerprint density at radius 1 is 1.18 bits per heavy atom. The summed E-state index contributed by atoms with van der Waals surface area (Å²) in [6, 6.07) is 13.7. The summed E-state index contributed by atoms with van der Waals surface area (Å²) in [6.07, 6.45) is 0.431. The van der Waals surface area contributed by atoms with Gasteiger partial charge in [0, 0.05) is 18.7 Å². The van der Waals surface area contributed by atoms with Gasteiger partial charge in [-0.2, -0.15) is 0 Å². The number of hydrogen-bond acceptors (Lipinski definition) is 4. The molecule has 2 aromatic rings. The number of para-hydroxylation sites is 1. The fourth-order valence-corrected chi connectivity index (χ4v) is 3.24. The van der Waals surface area contributed by atoms with E-state index in [1.807, 2.05) is 6.07 Å². The van der Waals surface area contributed by atoms with Gasteiger partial charge in [0.2, 0.25) is 0 Å². The van der Waals surface area contributed by atoms with Crippen molar-refractivity contribution in [1.29, 1.82) is 0 Å². The highest BCUT2D eigenvalue weighted by Crippen LogP contribution is 2.31. The van der Waals surface area contributed by atoms with Gasteiger partial charge in [0.15, 0.2) is 0 Å². The van der Waals surface area contributed by atoms with Crippen molar-refractivity contribution >= 4 is 17.8 Å². The zero-order chi connectivity index (χ0) is 20.3. The molecule has 2 aromatic carbocycles. The van der Waals surface area contributed by atoms with E-state index in [-0.39, 0.29) is 19.1 Å². The lowest BCUT2D eigenvalue weighted by molar-refractivity contribution is -0.147. The van der Waals surface area contributed by atoms with Crippen LogP contribution in [0.4, 0.5) is 0 Å². The van der Waals surface area contributed by atoms with E-state index in [1.54, 1.807) is 54.3 Å². The molecule has 0 bridgehead atoms. The first-order chi connectivity index (χ1) is 13.3. The first kappa shape index (κ1) is 19.4. The van der Waals surface area contributed by atoms with Crippen LogP contribution in [0.5, 0.6) is 5.75 Å². The molecule has 0 aromatic heterocycles. The van der Waals surface area contributed by atoms with Gasteiger partial charge in [-0.1, -0.05) is 24.3 Å². The second-order valence-corrected chi connectivity index (χ2v) is 7.19. The van der Waals surface area contributed by atoms with Gasteiger partial charge in [0.05, 0.1) is 11.0 Å². The average molecular weight is 382 g/mol. The van der Waals surface area contributed by atoms with E-state index in [0.29, 0.717) is 29.8 Å². The van der Waals surface area contributed by atoms with E-state index in [1.165, 1.54) is 0 Å². The summed E-state index contributed by atoms with van der Waals surface area (Å²) in [6.45, 7) is 2.42. The summed E-state index contributed by atoms with van der Waals surface area (Å²) in [7, 11) is 0. The summed E-state index contributed by atoms with van der Waals surface area (Å²) < 4.78 is 5.71. The Morgan fingerprint density at radius 2 is 1.93 bits per heavy atom. The summed E-state index contributed by atoms with van der Waals surface area (Å²) >= 11 is 0. The van der Waals surface area contributed by atoms with Gasteiger partial charge in [-0.05, 0) is 43.2 Å². The van der Waals surface area contributed by atoms with Crippen molar-refractivity contribution in [3.05, 3.63) is 65.2 Å². The third kappa shape index (κ3) is 3.98. The number of likely N-dealkylation sites (tertiary alicyclic amines) is 1. The topological polar surface area (TPSA) is 110 Å². The first-order valence-electron chi connectivity index (χ1n) is 8.93. The molecule has 2 amide bonds. The zero-order valence-electron chi connectivity index (χ0n) is 15.6. The fraction of sp³-hybridized carbons (Fsp3) is 0.286. The van der Waals surface area contributed by atoms with Crippen LogP contribution >= 0.6 is 0 Å². The number of carboxylic acid groups (broad SMARTS) is 1. The number of nitrogens with zero attached hydrogens (tertiary/aromatic N) is 1. The molecule has 3 rings (SSSR count). The van der Waals surface area contributed by atoms with Crippen LogP contribution in [0.25, 0.3) is 0 Å². The Labute approximate surface area is 162 Å². The summed E-state index contributed by atoms with van der Waals surface area (Å²) in [5, 5.41) is 9.34. The molecule has 1 aliphatic heterocycles. The minimum absolute atomic E-state index is 0.165. The number of carbonyl (C=O) groups excluding carboxylic acids is 2. The van der Waals surface area contributed by atoms with Crippen molar-refractivity contribution in [2.45, 2.75) is 20.0 Å². The summed E-state index contributed by atoms with van der Waals surface area (Å²) in [4.78, 5) is 37.2. The van der Waals surface area contributed by atoms with Crippen LogP contribution in [-0.2, 0) is 11.4 Å². The molecule has 146 valence electrons. The summed E-state index contributed by atoms with van der Waals surface area (Å²) in [5.74, 6) is -1.29. The zero-order valence-corrected chi connectivity index (χ0v) is 15.6. The van der Waals surface area contributed by atoms with Crippen LogP contribution in [0.15, 0.2) is 48.5 Å². The Morgan fingerprint density at radius 3 is 2.61 bits per heavy atom. The Kier molecular flexibility index (Phi) is 5.35. The molecule has 0 spiro atoms. The Hall–Kier alpha value is -3.35. The number of carbonyl (C=O) groups is 3. The monoisotopic (exact) mass is 382 g/mol. The average Bonchev–Trinajstić information content (AvgIpc) is 3.10. The number of hydrogen-bond donors (Lipinski definition) is 2. The quantitative estimate of drug-likeness (QED) is 0.797. The summed E-state index contributed by atoms with van der Waals surface area (Å²) in [5.41, 5.74) is 5.96. The maximum absolute atomic E-state index is 12.8. The molecule has 1 atom stereocenters. The van der Waals surface area contributed by atoms with Gasteiger partial charge in [0.25, 0.3) is 11.8 Å². The van der Waals surface area contributed by atoms with Crippen LogP contribution < -0.4 is 10.5 Å². The van der Waals surface area contributed by atoms with Crippen molar-refractivity contribution in [2.75, 3.05) is 13.1 Å². The highest BCUT2D eigenvalue weighted by Gasteiger charge is 2.42. The number of ether oxygens (including phenoxy) is 1. The predicted octanol–water partition coefficient (Wildman–Crippen LogP) is 2.30. The van der Waals surface area contributed by atoms with Crippen LogP contribution in [-0.4, -0.2) is 40.9 Å². The number of aliphatic carboxylic acids is 1. The van der Waals surface area contributed by atoms with Gasteiger partial charge in [0.1, 0.15) is 12.4 Å². The molecule has 7 heteroatoms. The van der Waals surface area contributed by atoms with Gasteiger partial charge >= 0.3 is 5.97 Å². The normalized spacial score (nSPS) is 18.7. The molecular formula is C21H22N2O5. The molecule has 1 aliphatic rings. The lowest BCUT2D eigenvalue weighted by atomic mass is 9.90. The minimum Gasteiger partial charge on any atom is -0.488 e. The van der Waals surface area contributed by atoms with Crippen molar-refractivity contribution in [3.8, 4) is 5.75 Å². The van der Waals surface area contributed by atoms with Gasteiger partial charge in [-0.25, -0.2) is 0 Å². The van der Waals surface area contributed by atoms with E-state index >= 15 is 0 Å². The van der Waals surface area contributed by atoms with Crippen LogP contribution in [0.3, 0.4) is 0 Å². The lowest BCUT2D eigenvalue weighted by Crippen LogP contribution is -2.34. The van der Waals surface area contributed by atoms with Crippen molar-refractivity contribution < 1.29 is 24.2 Å². The Balaban J connectivity index is 1.70. The molecule has 7 nitrogen and oxygen atoms in total. The molecule has 1 heterocycles. The number of benzene rings is 2. The largest absolute Gasteiger partial charge is 0.488 e. The van der Waals surface area contributed by atoms with Crippen molar-refractivity contribution in [1.82, 2.24) is 4.90 Å². The Bertz CT molecular complexity index is 927. The maximum atomic E-state index is 12.8. The van der Waals surface area contributed by atoms with Crippen LogP contribution in [0, 0.1) is 5.41 Å². The molecule has 1 saturated heterocycles. The molecule has 1 fully saturated rings. The lowest BCUT2D eigenvalue weighted by Gasteiger charge is -2.20. The maximum Gasteiger partial charge on any atom is 0.311 e. The number of primary amides is 1. The third-order valence-electron chi connectivity index (χ3n) is 5.00. The highest BCUT2D eigenvalue weighted by atomic mass is 16.5. The molecule has 0 radical (unpaired) electrons. The van der Waals surface area contributed by atoms with E-state index < -0.39 is 17.3 Å². The van der Waals surface area contributed by atoms with Gasteiger partial charge < -0.3 is 20.5 Å². The minimum atomic E-state index is -0.908. The highest BCUT2D eigenvalue weighted by molar-refractivity contribution is 5.96. The number of carboxylic acids is 1. The van der Waals surface area contributed by atoms with Crippen LogP contribution in [0.2, 0.25) is 0 Å². The molecular weight excluding hydrogens is 360 g/mol. The van der Waals surface area contributed by atoms with Crippen molar-refractivity contribution in [3.63, 3.8) is 0 Å². The molecule has 0 unspecified atom stereocenters. The second-order valence-electron chi connectivity index (χ2n) is 7.19. The first-order valence-corrected chi connectivity index (χ1v) is 8.93. The van der Waals surface area contributed by atoms with E-state index in [0.717, 1.165) is 5.56 Å². The van der Waals surface area contributed by atoms with E-state index in [4.69, 9.17) is 10.5 Å². The molecule has 0 saturated carbocycles. The van der Waals surface area contributed by atoms with Gasteiger partial charge in [-0.15, -0.1) is 0 Å². The second kappa shape index (κ2) is 7.72. The van der Waals surface area contributed by atoms with Gasteiger partial charge in [-0.3, -0.25) is 14.4 Å². The number of rotatable bonds is 6. The third-order valence-corrected chi connectivity index (χ3v) is 5.00. The van der Waals surface area contributed by atoms with E-state index in [9.17, 15) is 19.5 Å². The van der Waals surface area contributed by atoms with Crippen molar-refractivity contribution in [2.24, 2.45) is 11.1 Å². The SMILES string of the molecule is C[C@]1(C(=O)O)CCN(C(=O)c2cccc(COc3ccccc3C(N)=O)c2)C1.